The number of morpholine rings is 1. The predicted octanol–water partition coefficient (Wildman–Crippen LogP) is 3.95. The molecule has 6 atom stereocenters. The van der Waals surface area contributed by atoms with Gasteiger partial charge in [0, 0.05) is 42.5 Å². The molecule has 1 saturated carbocycles. The van der Waals surface area contributed by atoms with Crippen LogP contribution in [0.5, 0.6) is 0 Å². The average Bonchev–Trinajstić information content (AvgIpc) is 3.53. The maximum absolute atomic E-state index is 12.9. The third-order valence-corrected chi connectivity index (χ3v) is 9.11. The second kappa shape index (κ2) is 11.5. The van der Waals surface area contributed by atoms with Gasteiger partial charge in [0.15, 0.2) is 0 Å². The van der Waals surface area contributed by atoms with E-state index in [4.69, 9.17) is 24.7 Å². The molecule has 36 heavy (non-hydrogen) atoms. The summed E-state index contributed by atoms with van der Waals surface area (Å²) in [4.78, 5) is 15.6. The number of anilines is 1. The largest absolute Gasteiger partial charge is 0.443 e. The summed E-state index contributed by atoms with van der Waals surface area (Å²) in [7, 11) is 1.64. The number of aliphatic hydroxyl groups is 1. The van der Waals surface area contributed by atoms with Crippen LogP contribution in [-0.4, -0.2) is 84.8 Å². The second-order valence-electron chi connectivity index (χ2n) is 11.0. The second-order valence-corrected chi connectivity index (χ2v) is 12.0. The molecule has 4 rings (SSSR count). The van der Waals surface area contributed by atoms with Gasteiger partial charge in [-0.2, -0.15) is 0 Å². The molecule has 0 bridgehead atoms. The fourth-order valence-electron chi connectivity index (χ4n) is 5.81. The fraction of sp³-hybridized carbons (Fsp3) is 0.741. The van der Waals surface area contributed by atoms with Crippen molar-refractivity contribution in [3.05, 3.63) is 24.3 Å². The molecule has 2 saturated heterocycles. The van der Waals surface area contributed by atoms with Gasteiger partial charge in [-0.15, -0.1) is 11.8 Å². The third kappa shape index (κ3) is 6.13. The van der Waals surface area contributed by atoms with Crippen LogP contribution in [0.3, 0.4) is 0 Å². The Hall–Kier alpha value is -1.52. The zero-order valence-electron chi connectivity index (χ0n) is 22.0. The van der Waals surface area contributed by atoms with Crippen molar-refractivity contribution in [1.29, 1.82) is 0 Å². The lowest BCUT2D eigenvalue weighted by molar-refractivity contribution is -0.172. The highest BCUT2D eigenvalue weighted by Crippen LogP contribution is 2.55. The molecule has 1 aromatic carbocycles. The quantitative estimate of drug-likeness (QED) is 0.285. The van der Waals surface area contributed by atoms with Crippen LogP contribution in [0.15, 0.2) is 29.2 Å². The number of ether oxygens (including phenoxy) is 4. The number of rotatable bonds is 9. The molecular formula is C27H42N2O6S. The van der Waals surface area contributed by atoms with E-state index in [0.717, 1.165) is 17.7 Å². The van der Waals surface area contributed by atoms with Crippen LogP contribution in [0.1, 0.15) is 46.5 Å². The number of methoxy groups -OCH3 is 1. The Bertz CT molecular complexity index is 897. The fourth-order valence-corrected chi connectivity index (χ4v) is 6.94. The number of hydrogen-bond acceptors (Lipinski definition) is 8. The van der Waals surface area contributed by atoms with Crippen molar-refractivity contribution in [2.24, 2.45) is 11.8 Å². The number of epoxide rings is 1. The molecule has 6 unspecified atom stereocenters. The molecule has 202 valence electrons. The van der Waals surface area contributed by atoms with E-state index in [1.807, 2.05) is 24.3 Å². The Kier molecular flexibility index (Phi) is 8.77. The Morgan fingerprint density at radius 1 is 1.33 bits per heavy atom. The summed E-state index contributed by atoms with van der Waals surface area (Å²) in [6.07, 6.45) is 1.75. The Labute approximate surface area is 219 Å². The highest BCUT2D eigenvalue weighted by Gasteiger charge is 2.67. The number of nitrogen functional groups attached to an aromatic ring is 1. The molecule has 2 aliphatic heterocycles. The molecule has 1 aromatic rings. The van der Waals surface area contributed by atoms with Crippen LogP contribution < -0.4 is 5.73 Å². The first-order valence-electron chi connectivity index (χ1n) is 13.1. The lowest BCUT2D eigenvalue weighted by Gasteiger charge is -2.49. The SMILES string of the molecule is COC1C(OC(=O)N2CCOCC2)CCC(O)(CSc2cccc(N)c2)C1C1(C)OC1CCC(C)C. The van der Waals surface area contributed by atoms with Crippen LogP contribution in [0.25, 0.3) is 0 Å². The van der Waals surface area contributed by atoms with E-state index in [1.54, 1.807) is 23.8 Å². The Morgan fingerprint density at radius 2 is 2.08 bits per heavy atom. The molecule has 0 radical (unpaired) electrons. The number of thioether (sulfide) groups is 1. The predicted molar refractivity (Wildman–Crippen MR) is 140 cm³/mol. The minimum absolute atomic E-state index is 0.0418. The molecule has 1 aliphatic carbocycles. The Morgan fingerprint density at radius 3 is 2.75 bits per heavy atom. The van der Waals surface area contributed by atoms with Crippen molar-refractivity contribution >= 4 is 23.5 Å². The molecule has 0 aromatic heterocycles. The minimum Gasteiger partial charge on any atom is -0.443 e. The topological polar surface area (TPSA) is 107 Å². The van der Waals surface area contributed by atoms with Gasteiger partial charge in [-0.05, 0) is 56.7 Å². The lowest BCUT2D eigenvalue weighted by atomic mass is 9.66. The van der Waals surface area contributed by atoms with Gasteiger partial charge in [0.25, 0.3) is 0 Å². The lowest BCUT2D eigenvalue weighted by Crippen LogP contribution is -2.62. The number of hydrogen-bond donors (Lipinski definition) is 2. The van der Waals surface area contributed by atoms with Crippen LogP contribution in [-0.2, 0) is 18.9 Å². The highest BCUT2D eigenvalue weighted by molar-refractivity contribution is 7.99. The third-order valence-electron chi connectivity index (χ3n) is 7.88. The monoisotopic (exact) mass is 522 g/mol. The molecule has 2 heterocycles. The number of nitrogens with zero attached hydrogens (tertiary/aromatic N) is 1. The van der Waals surface area contributed by atoms with Gasteiger partial charge in [-0.1, -0.05) is 19.9 Å². The summed E-state index contributed by atoms with van der Waals surface area (Å²) >= 11 is 1.59. The maximum atomic E-state index is 12.9. The maximum Gasteiger partial charge on any atom is 0.410 e. The molecule has 3 N–H and O–H groups in total. The number of benzene rings is 1. The molecule has 9 heteroatoms. The van der Waals surface area contributed by atoms with Crippen LogP contribution >= 0.6 is 11.8 Å². The van der Waals surface area contributed by atoms with Crippen molar-refractivity contribution in [1.82, 2.24) is 4.90 Å². The highest BCUT2D eigenvalue weighted by atomic mass is 32.2. The van der Waals surface area contributed by atoms with E-state index in [-0.39, 0.29) is 18.1 Å². The molecular weight excluding hydrogens is 480 g/mol. The first-order valence-corrected chi connectivity index (χ1v) is 14.1. The van der Waals surface area contributed by atoms with Crippen molar-refractivity contribution < 1.29 is 28.8 Å². The summed E-state index contributed by atoms with van der Waals surface area (Å²) < 4.78 is 23.7. The molecule has 3 aliphatic rings. The summed E-state index contributed by atoms with van der Waals surface area (Å²) in [5, 5.41) is 12.2. The molecule has 1 amide bonds. The van der Waals surface area contributed by atoms with Crippen LogP contribution in [0.2, 0.25) is 0 Å². The van der Waals surface area contributed by atoms with E-state index in [1.165, 1.54) is 0 Å². The summed E-state index contributed by atoms with van der Waals surface area (Å²) in [5.74, 6) is 0.696. The summed E-state index contributed by atoms with van der Waals surface area (Å²) in [6.45, 7) is 8.56. The van der Waals surface area contributed by atoms with Crippen LogP contribution in [0.4, 0.5) is 10.5 Å². The van der Waals surface area contributed by atoms with Gasteiger partial charge in [-0.3, -0.25) is 0 Å². The van der Waals surface area contributed by atoms with Gasteiger partial charge in [0.2, 0.25) is 0 Å². The number of nitrogens with two attached hydrogens (primary N) is 1. The molecule has 3 fully saturated rings. The van der Waals surface area contributed by atoms with Crippen molar-refractivity contribution in [3.63, 3.8) is 0 Å². The zero-order valence-corrected chi connectivity index (χ0v) is 22.8. The van der Waals surface area contributed by atoms with Crippen molar-refractivity contribution in [2.75, 3.05) is 44.9 Å². The normalized spacial score (nSPS) is 34.6. The van der Waals surface area contributed by atoms with Crippen molar-refractivity contribution in [3.8, 4) is 0 Å². The van der Waals surface area contributed by atoms with Crippen LogP contribution in [0, 0.1) is 11.8 Å². The number of amides is 1. The first-order chi connectivity index (χ1) is 17.2. The zero-order chi connectivity index (χ0) is 25.9. The smallest absolute Gasteiger partial charge is 0.410 e. The summed E-state index contributed by atoms with van der Waals surface area (Å²) in [6, 6.07) is 7.71. The van der Waals surface area contributed by atoms with Crippen molar-refractivity contribution in [2.45, 2.75) is 80.9 Å². The van der Waals surface area contributed by atoms with E-state index in [9.17, 15) is 9.90 Å². The minimum atomic E-state index is -1.06. The Balaban J connectivity index is 1.54. The average molecular weight is 523 g/mol. The van der Waals surface area contributed by atoms with E-state index < -0.39 is 23.4 Å². The number of carbonyl (C=O) groups is 1. The molecule has 8 nitrogen and oxygen atoms in total. The first kappa shape index (κ1) is 27.5. The standard InChI is InChI=1S/C27H42N2O6S/c1-18(2)8-9-22-26(3,35-22)24-23(32-4)21(34-25(30)29-12-14-33-15-13-29)10-11-27(24,31)17-36-20-7-5-6-19(28)16-20/h5-7,16,18,21-24,31H,8-15,17,28H2,1-4H3. The van der Waals surface area contributed by atoms with Gasteiger partial charge in [-0.25, -0.2) is 4.79 Å². The summed E-state index contributed by atoms with van der Waals surface area (Å²) in [5.41, 5.74) is 5.07. The van der Waals surface area contributed by atoms with E-state index in [0.29, 0.717) is 56.5 Å². The van der Waals surface area contributed by atoms with E-state index >= 15 is 0 Å². The van der Waals surface area contributed by atoms with Gasteiger partial charge in [0.1, 0.15) is 17.8 Å². The van der Waals surface area contributed by atoms with Gasteiger partial charge < -0.3 is 34.7 Å². The van der Waals surface area contributed by atoms with E-state index in [2.05, 4.69) is 20.8 Å². The number of carbonyl (C=O) groups excluding carboxylic acids is 1. The molecule has 0 spiro atoms. The van der Waals surface area contributed by atoms with Gasteiger partial charge >= 0.3 is 6.09 Å². The van der Waals surface area contributed by atoms with Gasteiger partial charge in [0.05, 0.1) is 24.9 Å².